The molecule has 0 aliphatic rings. The van der Waals surface area contributed by atoms with Crippen molar-refractivity contribution in [3.63, 3.8) is 0 Å². The van der Waals surface area contributed by atoms with Crippen molar-refractivity contribution in [2.75, 3.05) is 10.8 Å². The summed E-state index contributed by atoms with van der Waals surface area (Å²) in [5, 5.41) is 3.38. The van der Waals surface area contributed by atoms with Crippen LogP contribution < -0.4 is 9.62 Å². The van der Waals surface area contributed by atoms with E-state index in [1.807, 2.05) is 65.0 Å². The Morgan fingerprint density at radius 2 is 1.48 bits per heavy atom. The maximum atomic E-state index is 14.2. The third kappa shape index (κ3) is 7.64. The predicted octanol–water partition coefficient (Wildman–Crippen LogP) is 5.87. The molecule has 0 heterocycles. The molecule has 0 saturated heterocycles. The summed E-state index contributed by atoms with van der Waals surface area (Å²) in [6.07, 6.45) is 0.355. The fourth-order valence-electron chi connectivity index (χ4n) is 4.43. The fourth-order valence-corrected chi connectivity index (χ4v) is 6.04. The molecule has 40 heavy (non-hydrogen) atoms. The number of carbonyl (C=O) groups excluding carboxylic acids is 2. The first kappa shape index (κ1) is 31.2. The van der Waals surface area contributed by atoms with Gasteiger partial charge in [-0.05, 0) is 88.1 Å². The molecule has 1 N–H and O–H groups in total. The molecule has 2 amide bonds. The molecule has 3 aromatic rings. The Balaban J connectivity index is 2.10. The average Bonchev–Trinajstić information content (AvgIpc) is 2.88. The molecule has 214 valence electrons. The lowest BCUT2D eigenvalue weighted by molar-refractivity contribution is -0.141. The van der Waals surface area contributed by atoms with Crippen LogP contribution in [0, 0.1) is 13.8 Å². The third-order valence-corrected chi connectivity index (χ3v) is 8.58. The third-order valence-electron chi connectivity index (χ3n) is 6.55. The number of sulfonamides is 1. The van der Waals surface area contributed by atoms with Crippen LogP contribution in [0.5, 0.6) is 0 Å². The molecular formula is C31H38ClN3O4S. The molecule has 1 atom stereocenters. The normalized spacial score (nSPS) is 12.5. The number of amides is 2. The molecule has 0 spiro atoms. The lowest BCUT2D eigenvalue weighted by Gasteiger charge is -2.35. The van der Waals surface area contributed by atoms with Crippen LogP contribution >= 0.6 is 11.6 Å². The van der Waals surface area contributed by atoms with E-state index >= 15 is 0 Å². The summed E-state index contributed by atoms with van der Waals surface area (Å²) < 4.78 is 29.0. The van der Waals surface area contributed by atoms with E-state index < -0.39 is 34.1 Å². The van der Waals surface area contributed by atoms with Crippen LogP contribution in [0.15, 0.2) is 77.7 Å². The van der Waals surface area contributed by atoms with E-state index in [2.05, 4.69) is 5.32 Å². The summed E-state index contributed by atoms with van der Waals surface area (Å²) in [4.78, 5) is 29.1. The number of carbonyl (C=O) groups is 2. The van der Waals surface area contributed by atoms with Crippen molar-refractivity contribution in [3.8, 4) is 0 Å². The van der Waals surface area contributed by atoms with Crippen molar-refractivity contribution in [1.82, 2.24) is 10.2 Å². The maximum Gasteiger partial charge on any atom is 0.264 e. The SMILES string of the molecule is CC[C@@H](C(=O)NC(C)(C)C)N(Cc1ccccc1C)C(=O)CN(c1ccccc1C)S(=O)(=O)c1ccc(Cl)cc1. The number of para-hydroxylation sites is 1. The number of nitrogens with one attached hydrogen (secondary N) is 1. The van der Waals surface area contributed by atoms with Gasteiger partial charge < -0.3 is 10.2 Å². The Labute approximate surface area is 243 Å². The zero-order chi connectivity index (χ0) is 29.7. The van der Waals surface area contributed by atoms with E-state index in [4.69, 9.17) is 11.6 Å². The van der Waals surface area contributed by atoms with Crippen molar-refractivity contribution in [2.45, 2.75) is 71.0 Å². The predicted molar refractivity (Wildman–Crippen MR) is 161 cm³/mol. The second-order valence-electron chi connectivity index (χ2n) is 10.9. The number of hydrogen-bond acceptors (Lipinski definition) is 4. The fraction of sp³-hybridized carbons (Fsp3) is 0.355. The van der Waals surface area contributed by atoms with Gasteiger partial charge in [-0.2, -0.15) is 0 Å². The highest BCUT2D eigenvalue weighted by atomic mass is 35.5. The van der Waals surface area contributed by atoms with Crippen LogP contribution in [-0.2, 0) is 26.2 Å². The van der Waals surface area contributed by atoms with Crippen molar-refractivity contribution >= 4 is 39.1 Å². The summed E-state index contributed by atoms with van der Waals surface area (Å²) in [5.41, 5.74) is 2.41. The van der Waals surface area contributed by atoms with E-state index in [1.54, 1.807) is 25.1 Å². The molecule has 0 bridgehead atoms. The van der Waals surface area contributed by atoms with Gasteiger partial charge >= 0.3 is 0 Å². The van der Waals surface area contributed by atoms with E-state index in [1.165, 1.54) is 29.2 Å². The molecular weight excluding hydrogens is 546 g/mol. The van der Waals surface area contributed by atoms with Crippen molar-refractivity contribution < 1.29 is 18.0 Å². The van der Waals surface area contributed by atoms with Crippen LogP contribution in [0.25, 0.3) is 0 Å². The molecule has 0 aromatic heterocycles. The van der Waals surface area contributed by atoms with Crippen LogP contribution in [0.4, 0.5) is 5.69 Å². The topological polar surface area (TPSA) is 86.8 Å². The molecule has 0 saturated carbocycles. The summed E-state index contributed by atoms with van der Waals surface area (Å²) >= 11 is 6.02. The first-order chi connectivity index (χ1) is 18.7. The van der Waals surface area contributed by atoms with E-state index in [9.17, 15) is 18.0 Å². The minimum atomic E-state index is -4.16. The zero-order valence-corrected chi connectivity index (χ0v) is 25.5. The molecule has 0 aliphatic carbocycles. The van der Waals surface area contributed by atoms with Gasteiger partial charge in [-0.15, -0.1) is 0 Å². The number of aryl methyl sites for hydroxylation is 2. The quantitative estimate of drug-likeness (QED) is 0.323. The van der Waals surface area contributed by atoms with Gasteiger partial charge in [0, 0.05) is 17.1 Å². The highest BCUT2D eigenvalue weighted by Crippen LogP contribution is 2.28. The second kappa shape index (κ2) is 12.9. The van der Waals surface area contributed by atoms with Crippen molar-refractivity contribution in [2.24, 2.45) is 0 Å². The molecule has 3 rings (SSSR count). The number of benzene rings is 3. The molecule has 0 radical (unpaired) electrons. The van der Waals surface area contributed by atoms with E-state index in [0.29, 0.717) is 22.7 Å². The van der Waals surface area contributed by atoms with Crippen LogP contribution in [-0.4, -0.2) is 43.3 Å². The van der Waals surface area contributed by atoms with Gasteiger partial charge in [0.1, 0.15) is 12.6 Å². The monoisotopic (exact) mass is 583 g/mol. The van der Waals surface area contributed by atoms with E-state index in [-0.39, 0.29) is 17.3 Å². The highest BCUT2D eigenvalue weighted by Gasteiger charge is 2.35. The standard InChI is InChI=1S/C31H38ClN3O4S/c1-7-27(30(37)33-31(4,5)6)34(20-24-14-10-8-12-22(24)2)29(36)21-35(28-15-11-9-13-23(28)3)40(38,39)26-18-16-25(32)17-19-26/h8-19,27H,7,20-21H2,1-6H3,(H,33,37)/t27-/m0/s1. The lowest BCUT2D eigenvalue weighted by Crippen LogP contribution is -2.55. The lowest BCUT2D eigenvalue weighted by atomic mass is 10.0. The number of anilines is 1. The average molecular weight is 584 g/mol. The van der Waals surface area contributed by atoms with Gasteiger partial charge in [-0.3, -0.25) is 13.9 Å². The summed E-state index contributed by atoms with van der Waals surface area (Å²) in [7, 11) is -4.16. The van der Waals surface area contributed by atoms with Gasteiger partial charge in [0.2, 0.25) is 11.8 Å². The van der Waals surface area contributed by atoms with Crippen molar-refractivity contribution in [1.29, 1.82) is 0 Å². The van der Waals surface area contributed by atoms with Crippen LogP contribution in [0.1, 0.15) is 50.8 Å². The Morgan fingerprint density at radius 3 is 2.02 bits per heavy atom. The number of nitrogens with zero attached hydrogens (tertiary/aromatic N) is 2. The summed E-state index contributed by atoms with van der Waals surface area (Å²) in [6, 6.07) is 19.7. The largest absolute Gasteiger partial charge is 0.350 e. The maximum absolute atomic E-state index is 14.2. The Hall–Kier alpha value is -3.36. The Kier molecular flexibility index (Phi) is 10.0. The molecule has 0 aliphatic heterocycles. The first-order valence-electron chi connectivity index (χ1n) is 13.2. The molecule has 3 aromatic carbocycles. The zero-order valence-electron chi connectivity index (χ0n) is 23.9. The minimum Gasteiger partial charge on any atom is -0.350 e. The van der Waals surface area contributed by atoms with Gasteiger partial charge in [-0.25, -0.2) is 8.42 Å². The molecule has 9 heteroatoms. The smallest absolute Gasteiger partial charge is 0.264 e. The number of halogens is 1. The highest BCUT2D eigenvalue weighted by molar-refractivity contribution is 7.92. The minimum absolute atomic E-state index is 0.0101. The summed E-state index contributed by atoms with van der Waals surface area (Å²) in [6.45, 7) is 10.9. The number of rotatable bonds is 10. The van der Waals surface area contributed by atoms with Crippen LogP contribution in [0.2, 0.25) is 5.02 Å². The first-order valence-corrected chi connectivity index (χ1v) is 15.1. The molecule has 0 unspecified atom stereocenters. The Bertz CT molecular complexity index is 1450. The van der Waals surface area contributed by atoms with Gasteiger partial charge in [0.05, 0.1) is 10.6 Å². The van der Waals surface area contributed by atoms with Gasteiger partial charge in [-0.1, -0.05) is 61.0 Å². The van der Waals surface area contributed by atoms with Gasteiger partial charge in [0.15, 0.2) is 0 Å². The molecule has 0 fully saturated rings. The molecule has 7 nitrogen and oxygen atoms in total. The Morgan fingerprint density at radius 1 is 0.900 bits per heavy atom. The van der Waals surface area contributed by atoms with Crippen molar-refractivity contribution in [3.05, 3.63) is 94.5 Å². The number of hydrogen-bond donors (Lipinski definition) is 1. The van der Waals surface area contributed by atoms with Crippen LogP contribution in [0.3, 0.4) is 0 Å². The van der Waals surface area contributed by atoms with Gasteiger partial charge in [0.25, 0.3) is 10.0 Å². The summed E-state index contributed by atoms with van der Waals surface area (Å²) in [5.74, 6) is -0.778. The second-order valence-corrected chi connectivity index (χ2v) is 13.2. The van der Waals surface area contributed by atoms with E-state index in [0.717, 1.165) is 15.4 Å².